The molecule has 1 N–H and O–H groups in total. The van der Waals surface area contributed by atoms with Gasteiger partial charge in [0.15, 0.2) is 0 Å². The lowest BCUT2D eigenvalue weighted by atomic mass is 9.90. The number of carboxylic acid groups (broad SMARTS) is 1. The molecule has 0 fully saturated rings. The van der Waals surface area contributed by atoms with Crippen LogP contribution in [0, 0.1) is 6.92 Å². The van der Waals surface area contributed by atoms with Gasteiger partial charge in [-0.3, -0.25) is 4.79 Å². The molecule has 0 bridgehead atoms. The first-order valence-electron chi connectivity index (χ1n) is 7.50. The summed E-state index contributed by atoms with van der Waals surface area (Å²) >= 11 is 0. The molecule has 0 spiro atoms. The van der Waals surface area contributed by atoms with Crippen molar-refractivity contribution < 1.29 is 14.6 Å². The van der Waals surface area contributed by atoms with Gasteiger partial charge in [-0.05, 0) is 42.5 Å². The number of hydrogen-bond acceptors (Lipinski definition) is 2. The van der Waals surface area contributed by atoms with Gasteiger partial charge in [0.25, 0.3) is 0 Å². The van der Waals surface area contributed by atoms with Gasteiger partial charge in [0.1, 0.15) is 5.75 Å². The maximum absolute atomic E-state index is 11.6. The number of methoxy groups -OCH3 is 1. The highest BCUT2D eigenvalue weighted by atomic mass is 16.5. The third-order valence-electron chi connectivity index (χ3n) is 3.94. The smallest absolute Gasteiger partial charge is 0.311 e. The summed E-state index contributed by atoms with van der Waals surface area (Å²) in [7, 11) is 1.65. The molecule has 0 aliphatic carbocycles. The van der Waals surface area contributed by atoms with E-state index < -0.39 is 11.9 Å². The molecular formula is C19H22O3. The van der Waals surface area contributed by atoms with Crippen LogP contribution in [0.3, 0.4) is 0 Å². The minimum atomic E-state index is -0.794. The van der Waals surface area contributed by atoms with Crippen LogP contribution in [0.5, 0.6) is 5.75 Å². The molecule has 0 aliphatic rings. The maximum atomic E-state index is 11.6. The van der Waals surface area contributed by atoms with E-state index in [1.807, 2.05) is 49.4 Å². The van der Waals surface area contributed by atoms with Crippen LogP contribution < -0.4 is 4.74 Å². The molecule has 0 heterocycles. The van der Waals surface area contributed by atoms with E-state index >= 15 is 0 Å². The number of carboxylic acids is 1. The van der Waals surface area contributed by atoms with Crippen LogP contribution in [0.25, 0.3) is 0 Å². The molecule has 0 saturated heterocycles. The Labute approximate surface area is 131 Å². The number of benzene rings is 2. The molecule has 2 aromatic rings. The zero-order chi connectivity index (χ0) is 16.1. The third kappa shape index (κ3) is 3.67. The Hall–Kier alpha value is -2.29. The third-order valence-corrected chi connectivity index (χ3v) is 3.94. The Kier molecular flexibility index (Phi) is 5.21. The monoisotopic (exact) mass is 298 g/mol. The van der Waals surface area contributed by atoms with Crippen molar-refractivity contribution in [1.82, 2.24) is 0 Å². The van der Waals surface area contributed by atoms with Crippen molar-refractivity contribution in [1.29, 1.82) is 0 Å². The Bertz CT molecular complexity index is 644. The minimum absolute atomic E-state index is 0.482. The second-order valence-electron chi connectivity index (χ2n) is 5.51. The van der Waals surface area contributed by atoms with Gasteiger partial charge < -0.3 is 9.84 Å². The summed E-state index contributed by atoms with van der Waals surface area (Å²) < 4.78 is 5.33. The molecule has 0 radical (unpaired) electrons. The molecule has 0 saturated carbocycles. The molecule has 1 atom stereocenters. The average Bonchev–Trinajstić information content (AvgIpc) is 2.53. The van der Waals surface area contributed by atoms with Crippen molar-refractivity contribution in [2.75, 3.05) is 7.11 Å². The predicted octanol–water partition coefficient (Wildman–Crippen LogP) is 3.98. The molecule has 116 valence electrons. The lowest BCUT2D eigenvalue weighted by molar-refractivity contribution is -0.138. The summed E-state index contributed by atoms with van der Waals surface area (Å²) in [6.45, 7) is 4.06. The van der Waals surface area contributed by atoms with E-state index in [2.05, 4.69) is 6.92 Å². The standard InChI is InChI=1S/C19H22O3/c1-4-15-11-14(7-10-18(15)22-3)12-17(19(20)21)16-8-5-13(2)6-9-16/h5-11,17H,4,12H2,1-3H3,(H,20,21). The van der Waals surface area contributed by atoms with Crippen molar-refractivity contribution >= 4 is 5.97 Å². The van der Waals surface area contributed by atoms with Crippen molar-refractivity contribution in [3.63, 3.8) is 0 Å². The highest BCUT2D eigenvalue weighted by Crippen LogP contribution is 2.26. The number of aliphatic carboxylic acids is 1. The minimum Gasteiger partial charge on any atom is -0.496 e. The van der Waals surface area contributed by atoms with Crippen molar-refractivity contribution in [3.05, 3.63) is 64.7 Å². The van der Waals surface area contributed by atoms with Crippen LogP contribution in [0.15, 0.2) is 42.5 Å². The number of hydrogen-bond donors (Lipinski definition) is 1. The highest BCUT2D eigenvalue weighted by molar-refractivity contribution is 5.76. The van der Waals surface area contributed by atoms with E-state index in [1.165, 1.54) is 0 Å². The zero-order valence-electron chi connectivity index (χ0n) is 13.3. The second kappa shape index (κ2) is 7.12. The lowest BCUT2D eigenvalue weighted by Crippen LogP contribution is -2.14. The second-order valence-corrected chi connectivity index (χ2v) is 5.51. The summed E-state index contributed by atoms with van der Waals surface area (Å²) in [5, 5.41) is 9.56. The van der Waals surface area contributed by atoms with E-state index in [4.69, 9.17) is 4.74 Å². The van der Waals surface area contributed by atoms with Crippen molar-refractivity contribution in [2.24, 2.45) is 0 Å². The normalized spacial score (nSPS) is 12.0. The van der Waals surface area contributed by atoms with E-state index in [-0.39, 0.29) is 0 Å². The first kappa shape index (κ1) is 16.1. The average molecular weight is 298 g/mol. The number of ether oxygens (including phenoxy) is 1. The fourth-order valence-corrected chi connectivity index (χ4v) is 2.62. The van der Waals surface area contributed by atoms with Gasteiger partial charge in [-0.1, -0.05) is 48.9 Å². The molecule has 2 aromatic carbocycles. The number of rotatable bonds is 6. The van der Waals surface area contributed by atoms with Gasteiger partial charge in [0, 0.05) is 0 Å². The Morgan fingerprint density at radius 3 is 2.41 bits per heavy atom. The van der Waals surface area contributed by atoms with Gasteiger partial charge >= 0.3 is 5.97 Å². The van der Waals surface area contributed by atoms with Crippen LogP contribution in [-0.4, -0.2) is 18.2 Å². The van der Waals surface area contributed by atoms with Crippen LogP contribution in [0.1, 0.15) is 35.1 Å². The number of aryl methyl sites for hydroxylation is 2. The SMILES string of the molecule is CCc1cc(CC(C(=O)O)c2ccc(C)cc2)ccc1OC. The summed E-state index contributed by atoms with van der Waals surface area (Å²) in [6, 6.07) is 13.6. The Morgan fingerprint density at radius 2 is 1.86 bits per heavy atom. The van der Waals surface area contributed by atoms with E-state index in [1.54, 1.807) is 7.11 Å². The molecule has 2 rings (SSSR count). The fourth-order valence-electron chi connectivity index (χ4n) is 2.62. The first-order valence-corrected chi connectivity index (χ1v) is 7.50. The molecular weight excluding hydrogens is 276 g/mol. The van der Waals surface area contributed by atoms with Crippen molar-refractivity contribution in [3.8, 4) is 5.75 Å². The Morgan fingerprint density at radius 1 is 1.18 bits per heavy atom. The predicted molar refractivity (Wildman–Crippen MR) is 87.6 cm³/mol. The van der Waals surface area contributed by atoms with E-state index in [0.717, 1.165) is 34.4 Å². The topological polar surface area (TPSA) is 46.5 Å². The molecule has 3 heteroatoms. The van der Waals surface area contributed by atoms with Gasteiger partial charge in [-0.15, -0.1) is 0 Å². The summed E-state index contributed by atoms with van der Waals surface area (Å²) in [4.78, 5) is 11.6. The van der Waals surface area contributed by atoms with Crippen LogP contribution in [0.2, 0.25) is 0 Å². The molecule has 0 amide bonds. The zero-order valence-corrected chi connectivity index (χ0v) is 13.3. The summed E-state index contributed by atoms with van der Waals surface area (Å²) in [5.74, 6) is -0.468. The van der Waals surface area contributed by atoms with Gasteiger partial charge in [0.05, 0.1) is 13.0 Å². The summed E-state index contributed by atoms with van der Waals surface area (Å²) in [6.07, 6.45) is 1.34. The number of carbonyl (C=O) groups is 1. The van der Waals surface area contributed by atoms with Crippen molar-refractivity contribution in [2.45, 2.75) is 32.6 Å². The van der Waals surface area contributed by atoms with Crippen LogP contribution >= 0.6 is 0 Å². The van der Waals surface area contributed by atoms with E-state index in [0.29, 0.717) is 6.42 Å². The highest BCUT2D eigenvalue weighted by Gasteiger charge is 2.20. The van der Waals surface area contributed by atoms with Crippen LogP contribution in [-0.2, 0) is 17.6 Å². The Balaban J connectivity index is 2.28. The largest absolute Gasteiger partial charge is 0.496 e. The molecule has 0 aromatic heterocycles. The van der Waals surface area contributed by atoms with Crippen LogP contribution in [0.4, 0.5) is 0 Å². The van der Waals surface area contributed by atoms with Gasteiger partial charge in [0.2, 0.25) is 0 Å². The lowest BCUT2D eigenvalue weighted by Gasteiger charge is -2.15. The molecule has 1 unspecified atom stereocenters. The first-order chi connectivity index (χ1) is 10.5. The fraction of sp³-hybridized carbons (Fsp3) is 0.316. The molecule has 3 nitrogen and oxygen atoms in total. The van der Waals surface area contributed by atoms with E-state index in [9.17, 15) is 9.90 Å². The maximum Gasteiger partial charge on any atom is 0.311 e. The molecule has 22 heavy (non-hydrogen) atoms. The quantitative estimate of drug-likeness (QED) is 0.877. The summed E-state index contributed by atoms with van der Waals surface area (Å²) in [5.41, 5.74) is 4.09. The van der Waals surface area contributed by atoms with Gasteiger partial charge in [-0.2, -0.15) is 0 Å². The van der Waals surface area contributed by atoms with Gasteiger partial charge in [-0.25, -0.2) is 0 Å². The molecule has 0 aliphatic heterocycles.